The Morgan fingerprint density at radius 3 is 2.08 bits per heavy atom. The number of hydrogen-bond donors (Lipinski definition) is 0. The van der Waals surface area contributed by atoms with Crippen LogP contribution in [0.3, 0.4) is 0 Å². The molecule has 1 aliphatic heterocycles. The molecule has 0 spiro atoms. The van der Waals surface area contributed by atoms with Gasteiger partial charge in [0.05, 0.1) is 11.2 Å². The summed E-state index contributed by atoms with van der Waals surface area (Å²) in [4.78, 5) is 0. The summed E-state index contributed by atoms with van der Waals surface area (Å²) >= 11 is 0. The molecule has 0 unspecified atom stereocenters. The summed E-state index contributed by atoms with van der Waals surface area (Å²) in [5.74, 6) is 0.642. The summed E-state index contributed by atoms with van der Waals surface area (Å²) in [7, 11) is -0.174. The lowest BCUT2D eigenvalue weighted by Gasteiger charge is -2.32. The second-order valence-corrected chi connectivity index (χ2v) is 8.08. The normalized spacial score (nSPS) is 27.2. The molecule has 1 fully saturated rings. The van der Waals surface area contributed by atoms with Crippen molar-refractivity contribution in [2.24, 2.45) is 0 Å². The maximum absolute atomic E-state index is 6.41. The molecule has 2 atom stereocenters. The largest absolute Gasteiger partial charge is 0.462 e. The summed E-state index contributed by atoms with van der Waals surface area (Å²) in [6, 6.07) is 19.6. The predicted molar refractivity (Wildman–Crippen MR) is 98.3 cm³/mol. The highest BCUT2D eigenvalue weighted by Crippen LogP contribution is 2.51. The summed E-state index contributed by atoms with van der Waals surface area (Å²) in [6.07, 6.45) is 1.01. The Morgan fingerprint density at radius 2 is 1.42 bits per heavy atom. The molecule has 0 bridgehead atoms. The molecule has 24 heavy (non-hydrogen) atoms. The number of hydrogen-bond acceptors (Lipinski definition) is 2. The van der Waals surface area contributed by atoms with E-state index < -0.39 is 0 Å². The van der Waals surface area contributed by atoms with E-state index in [0.717, 1.165) is 6.42 Å². The minimum Gasteiger partial charge on any atom is -0.403 e. The van der Waals surface area contributed by atoms with Gasteiger partial charge in [-0.1, -0.05) is 54.6 Å². The molecule has 2 aromatic carbocycles. The van der Waals surface area contributed by atoms with Crippen LogP contribution in [-0.4, -0.2) is 18.3 Å². The van der Waals surface area contributed by atoms with E-state index >= 15 is 0 Å². The SMILES string of the molecule is CC1(C)OB([C@H]2Cc3ccccc3[C@@H]2c2ccccc2)OC1(C)C. The van der Waals surface area contributed by atoms with Gasteiger partial charge < -0.3 is 9.31 Å². The van der Waals surface area contributed by atoms with Crippen molar-refractivity contribution >= 4 is 7.12 Å². The van der Waals surface area contributed by atoms with Crippen molar-refractivity contribution in [3.05, 3.63) is 71.3 Å². The average molecular weight is 320 g/mol. The highest BCUT2D eigenvalue weighted by molar-refractivity contribution is 6.48. The van der Waals surface area contributed by atoms with E-state index in [1.54, 1.807) is 0 Å². The fourth-order valence-electron chi connectivity index (χ4n) is 4.03. The molecule has 0 aromatic heterocycles. The van der Waals surface area contributed by atoms with E-state index in [1.807, 2.05) is 0 Å². The zero-order valence-electron chi connectivity index (χ0n) is 15.0. The quantitative estimate of drug-likeness (QED) is 0.737. The monoisotopic (exact) mass is 320 g/mol. The summed E-state index contributed by atoms with van der Waals surface area (Å²) < 4.78 is 12.8. The van der Waals surface area contributed by atoms with Crippen LogP contribution in [0.4, 0.5) is 0 Å². The summed E-state index contributed by atoms with van der Waals surface area (Å²) in [6.45, 7) is 8.53. The molecule has 0 saturated carbocycles. The third-order valence-electron chi connectivity index (χ3n) is 6.05. The van der Waals surface area contributed by atoms with Gasteiger partial charge in [-0.2, -0.15) is 0 Å². The molecule has 1 aliphatic carbocycles. The van der Waals surface area contributed by atoms with Crippen molar-refractivity contribution in [1.82, 2.24) is 0 Å². The van der Waals surface area contributed by atoms with Crippen molar-refractivity contribution in [3.63, 3.8) is 0 Å². The zero-order valence-corrected chi connectivity index (χ0v) is 15.0. The molecule has 2 nitrogen and oxygen atoms in total. The van der Waals surface area contributed by atoms with Crippen molar-refractivity contribution in [3.8, 4) is 0 Å². The van der Waals surface area contributed by atoms with Crippen LogP contribution in [0.25, 0.3) is 0 Å². The predicted octanol–water partition coefficient (Wildman–Crippen LogP) is 4.84. The first kappa shape index (κ1) is 15.9. The molecule has 0 radical (unpaired) electrons. The van der Waals surface area contributed by atoms with Crippen LogP contribution < -0.4 is 0 Å². The molecule has 2 aromatic rings. The van der Waals surface area contributed by atoms with Gasteiger partial charge >= 0.3 is 7.12 Å². The Balaban J connectivity index is 1.74. The van der Waals surface area contributed by atoms with Gasteiger partial charge in [-0.15, -0.1) is 0 Å². The highest BCUT2D eigenvalue weighted by Gasteiger charge is 2.56. The summed E-state index contributed by atoms with van der Waals surface area (Å²) in [5, 5.41) is 0. The molecule has 0 amide bonds. The highest BCUT2D eigenvalue weighted by atomic mass is 16.7. The van der Waals surface area contributed by atoms with E-state index in [4.69, 9.17) is 9.31 Å². The Labute approximate surface area is 145 Å². The van der Waals surface area contributed by atoms with Gasteiger partial charge in [0.2, 0.25) is 0 Å². The third-order valence-corrected chi connectivity index (χ3v) is 6.05. The van der Waals surface area contributed by atoms with E-state index in [0.29, 0.717) is 11.7 Å². The van der Waals surface area contributed by atoms with Gasteiger partial charge in [0.1, 0.15) is 0 Å². The van der Waals surface area contributed by atoms with Crippen LogP contribution in [0.5, 0.6) is 0 Å². The maximum Gasteiger partial charge on any atom is 0.462 e. The second-order valence-electron chi connectivity index (χ2n) is 8.08. The first-order valence-corrected chi connectivity index (χ1v) is 8.87. The molecule has 4 rings (SSSR count). The summed E-state index contributed by atoms with van der Waals surface area (Å²) in [5.41, 5.74) is 3.62. The average Bonchev–Trinajstić information content (AvgIpc) is 3.03. The fourth-order valence-corrected chi connectivity index (χ4v) is 4.03. The van der Waals surface area contributed by atoms with Gasteiger partial charge in [0.15, 0.2) is 0 Å². The van der Waals surface area contributed by atoms with Crippen LogP contribution in [0, 0.1) is 0 Å². The molecule has 0 N–H and O–H groups in total. The molecule has 124 valence electrons. The maximum atomic E-state index is 6.41. The van der Waals surface area contributed by atoms with Crippen LogP contribution in [0.1, 0.15) is 50.3 Å². The van der Waals surface area contributed by atoms with Gasteiger partial charge in [0, 0.05) is 11.7 Å². The third kappa shape index (κ3) is 2.42. The number of rotatable bonds is 2. The van der Waals surface area contributed by atoms with Gasteiger partial charge in [-0.05, 0) is 50.8 Å². The Morgan fingerprint density at radius 1 is 0.833 bits per heavy atom. The van der Waals surface area contributed by atoms with Crippen LogP contribution in [0.15, 0.2) is 54.6 Å². The van der Waals surface area contributed by atoms with Gasteiger partial charge in [-0.3, -0.25) is 0 Å². The van der Waals surface area contributed by atoms with Crippen LogP contribution >= 0.6 is 0 Å². The first-order chi connectivity index (χ1) is 11.4. The molecule has 1 heterocycles. The Bertz CT molecular complexity index is 723. The lowest BCUT2D eigenvalue weighted by Crippen LogP contribution is -2.41. The van der Waals surface area contributed by atoms with E-state index in [-0.39, 0.29) is 18.3 Å². The van der Waals surface area contributed by atoms with Gasteiger partial charge in [0.25, 0.3) is 0 Å². The topological polar surface area (TPSA) is 18.5 Å². The standard InChI is InChI=1S/C21H25BO2/c1-20(2)21(3,4)24-22(23-20)18-14-16-12-8-9-13-17(16)19(18)15-10-6-5-7-11-15/h5-13,18-19H,14H2,1-4H3/t18-,19-/m0/s1. The molecule has 2 aliphatic rings. The lowest BCUT2D eigenvalue weighted by atomic mass is 9.63. The van der Waals surface area contributed by atoms with Crippen molar-refractivity contribution < 1.29 is 9.31 Å². The minimum atomic E-state index is -0.284. The minimum absolute atomic E-state index is 0.174. The first-order valence-electron chi connectivity index (χ1n) is 8.87. The number of benzene rings is 2. The molecule has 1 saturated heterocycles. The Hall–Kier alpha value is -1.58. The smallest absolute Gasteiger partial charge is 0.403 e. The van der Waals surface area contributed by atoms with E-state index in [9.17, 15) is 0 Å². The van der Waals surface area contributed by atoms with E-state index in [1.165, 1.54) is 16.7 Å². The van der Waals surface area contributed by atoms with Crippen molar-refractivity contribution in [1.29, 1.82) is 0 Å². The molecule has 3 heteroatoms. The molecular formula is C21H25BO2. The molecular weight excluding hydrogens is 295 g/mol. The zero-order chi connectivity index (χ0) is 16.9. The van der Waals surface area contributed by atoms with Crippen molar-refractivity contribution in [2.75, 3.05) is 0 Å². The van der Waals surface area contributed by atoms with Crippen LogP contribution in [-0.2, 0) is 15.7 Å². The fraction of sp³-hybridized carbons (Fsp3) is 0.429. The van der Waals surface area contributed by atoms with Crippen LogP contribution in [0.2, 0.25) is 5.82 Å². The van der Waals surface area contributed by atoms with Gasteiger partial charge in [-0.25, -0.2) is 0 Å². The lowest BCUT2D eigenvalue weighted by molar-refractivity contribution is 0.00578. The van der Waals surface area contributed by atoms with E-state index in [2.05, 4.69) is 82.3 Å². The Kier molecular flexibility index (Phi) is 3.63. The number of fused-ring (bicyclic) bond motifs is 1. The second kappa shape index (κ2) is 5.47. The van der Waals surface area contributed by atoms with Crippen molar-refractivity contribution in [2.45, 2.75) is 57.1 Å².